The van der Waals surface area contributed by atoms with E-state index in [-0.39, 0.29) is 24.0 Å². The van der Waals surface area contributed by atoms with Crippen LogP contribution in [0.5, 0.6) is 0 Å². The monoisotopic (exact) mass is 592 g/mol. The molecular weight excluding hydrogens is 565 g/mol. The summed E-state index contributed by atoms with van der Waals surface area (Å²) in [5.41, 5.74) is 1.06. The third-order valence-electron chi connectivity index (χ3n) is 7.46. The lowest BCUT2D eigenvalue weighted by molar-refractivity contribution is 0.0524. The van der Waals surface area contributed by atoms with Gasteiger partial charge >= 0.3 is 0 Å². The van der Waals surface area contributed by atoms with E-state index in [9.17, 15) is 19.3 Å². The van der Waals surface area contributed by atoms with E-state index in [0.29, 0.717) is 60.8 Å². The minimum atomic E-state index is -2.81. The zero-order chi connectivity index (χ0) is 30.4. The van der Waals surface area contributed by atoms with Crippen LogP contribution >= 0.6 is 11.6 Å². The van der Waals surface area contributed by atoms with Crippen LogP contribution in [0.15, 0.2) is 36.5 Å². The molecule has 216 valence electrons. The number of aromatic nitrogens is 4. The molecule has 2 heterocycles. The van der Waals surface area contributed by atoms with E-state index in [1.165, 1.54) is 6.20 Å². The lowest BCUT2D eigenvalue weighted by Crippen LogP contribution is -2.29. The van der Waals surface area contributed by atoms with Crippen LogP contribution in [0.25, 0.3) is 10.9 Å². The van der Waals surface area contributed by atoms with Gasteiger partial charge in [0, 0.05) is 23.2 Å². The molecule has 8 nitrogen and oxygen atoms in total. The number of halogens is 4. The zero-order valence-corrected chi connectivity index (χ0v) is 24.2. The summed E-state index contributed by atoms with van der Waals surface area (Å²) in [6, 6.07) is 11.5. The van der Waals surface area contributed by atoms with Gasteiger partial charge < -0.3 is 10.6 Å². The molecule has 5 rings (SSSR count). The van der Waals surface area contributed by atoms with Gasteiger partial charge in [-0.15, -0.1) is 5.10 Å². The summed E-state index contributed by atoms with van der Waals surface area (Å²) in [6.45, 7) is 8.44. The van der Waals surface area contributed by atoms with Crippen LogP contribution in [0.2, 0.25) is 5.02 Å². The van der Waals surface area contributed by atoms with Crippen LogP contribution in [0.3, 0.4) is 0 Å². The van der Waals surface area contributed by atoms with Crippen molar-refractivity contribution in [3.8, 4) is 12.1 Å². The number of anilines is 2. The maximum Gasteiger partial charge on any atom is 0.263 e. The van der Waals surface area contributed by atoms with Crippen LogP contribution in [-0.2, 0) is 5.54 Å². The Bertz CT molecular complexity index is 1760. The quantitative estimate of drug-likeness (QED) is 0.224. The van der Waals surface area contributed by atoms with Crippen molar-refractivity contribution < 1.29 is 13.2 Å². The second-order valence-electron chi connectivity index (χ2n) is 11.7. The summed E-state index contributed by atoms with van der Waals surface area (Å²) in [4.78, 5) is 4.52. The maximum atomic E-state index is 16.0. The number of rotatable bonds is 8. The Morgan fingerprint density at radius 1 is 1.14 bits per heavy atom. The summed E-state index contributed by atoms with van der Waals surface area (Å²) in [6.07, 6.45) is -1.20. The lowest BCUT2D eigenvalue weighted by Gasteiger charge is -2.24. The fourth-order valence-electron chi connectivity index (χ4n) is 4.94. The first-order valence-electron chi connectivity index (χ1n) is 13.3. The van der Waals surface area contributed by atoms with Crippen molar-refractivity contribution in [1.82, 2.24) is 20.0 Å². The van der Waals surface area contributed by atoms with E-state index < -0.39 is 24.0 Å². The van der Waals surface area contributed by atoms with E-state index >= 15 is 4.39 Å². The van der Waals surface area contributed by atoms with Crippen molar-refractivity contribution in [2.45, 2.75) is 58.5 Å². The Hall–Kier alpha value is -4.35. The van der Waals surface area contributed by atoms with Gasteiger partial charge in [-0.05, 0) is 54.5 Å². The molecule has 42 heavy (non-hydrogen) atoms. The number of hydrogen-bond acceptors (Lipinski definition) is 7. The lowest BCUT2D eigenvalue weighted by atomic mass is 9.94. The van der Waals surface area contributed by atoms with Crippen molar-refractivity contribution in [3.05, 3.63) is 75.4 Å². The van der Waals surface area contributed by atoms with E-state index in [4.69, 9.17) is 11.6 Å². The van der Waals surface area contributed by atoms with Crippen LogP contribution in [0.1, 0.15) is 67.6 Å². The molecule has 12 heteroatoms. The summed E-state index contributed by atoms with van der Waals surface area (Å²) in [5.74, 6) is -0.995. The van der Waals surface area contributed by atoms with Crippen LogP contribution < -0.4 is 10.6 Å². The van der Waals surface area contributed by atoms with E-state index in [2.05, 4.69) is 58.8 Å². The first-order chi connectivity index (χ1) is 19.9. The fourth-order valence-corrected chi connectivity index (χ4v) is 5.15. The smallest absolute Gasteiger partial charge is 0.263 e. The summed E-state index contributed by atoms with van der Waals surface area (Å²) in [5, 5.41) is 34.8. The molecule has 2 aromatic heterocycles. The Labute approximate surface area is 246 Å². The average Bonchev–Trinajstić information content (AvgIpc) is 3.66. The largest absolute Gasteiger partial charge is 0.383 e. The van der Waals surface area contributed by atoms with Gasteiger partial charge in [0.1, 0.15) is 23.3 Å². The molecule has 1 atom stereocenters. The molecule has 1 aliphatic carbocycles. The van der Waals surface area contributed by atoms with E-state index in [1.54, 1.807) is 37.3 Å². The highest BCUT2D eigenvalue weighted by molar-refractivity contribution is 6.32. The molecule has 2 N–H and O–H groups in total. The average molecular weight is 593 g/mol. The van der Waals surface area contributed by atoms with Gasteiger partial charge in [-0.3, -0.25) is 4.98 Å². The standard InChI is InChI=1S/C30H28ClF3N8/c1-16-17(12-35)6-5-7-20(16)25(26-27(32)42(41-40-26)30(8-9-30)28(33)34)39-22-11-19(31)10-21-23(38-15-29(2,3)4)18(13-36)14-37-24(21)22/h5-7,10-11,14,25,28,39H,8-9,15H2,1-4H3,(H,37,38)/t25-/m0/s1. The molecule has 1 aliphatic rings. The van der Waals surface area contributed by atoms with Gasteiger partial charge in [0.15, 0.2) is 0 Å². The van der Waals surface area contributed by atoms with E-state index in [0.717, 1.165) is 0 Å². The Morgan fingerprint density at radius 3 is 2.48 bits per heavy atom. The normalized spacial score (nSPS) is 14.8. The summed E-state index contributed by atoms with van der Waals surface area (Å²) < 4.78 is 44.4. The Balaban J connectivity index is 1.69. The van der Waals surface area contributed by atoms with Crippen LogP contribution in [0, 0.1) is 40.9 Å². The number of fused-ring (bicyclic) bond motifs is 1. The summed E-state index contributed by atoms with van der Waals surface area (Å²) in [7, 11) is 0. The minimum Gasteiger partial charge on any atom is -0.383 e. The molecule has 1 fully saturated rings. The molecule has 0 aliphatic heterocycles. The highest BCUT2D eigenvalue weighted by Crippen LogP contribution is 2.49. The highest BCUT2D eigenvalue weighted by atomic mass is 35.5. The predicted molar refractivity (Wildman–Crippen MR) is 154 cm³/mol. The van der Waals surface area contributed by atoms with E-state index in [1.807, 2.05) is 0 Å². The Morgan fingerprint density at radius 2 is 1.86 bits per heavy atom. The molecular formula is C30H28ClF3N8. The molecule has 0 saturated heterocycles. The Kier molecular flexibility index (Phi) is 7.50. The predicted octanol–water partition coefficient (Wildman–Crippen LogP) is 7.08. The number of alkyl halides is 2. The molecule has 0 radical (unpaired) electrons. The second kappa shape index (κ2) is 10.8. The van der Waals surface area contributed by atoms with Gasteiger partial charge in [0.25, 0.3) is 6.43 Å². The molecule has 4 aromatic rings. The zero-order valence-electron chi connectivity index (χ0n) is 23.4. The van der Waals surface area contributed by atoms with Crippen molar-refractivity contribution in [2.75, 3.05) is 17.2 Å². The van der Waals surface area contributed by atoms with Crippen molar-refractivity contribution in [2.24, 2.45) is 5.41 Å². The number of hydrogen-bond donors (Lipinski definition) is 2. The third-order valence-corrected chi connectivity index (χ3v) is 7.68. The van der Waals surface area contributed by atoms with Gasteiger partial charge in [-0.1, -0.05) is 49.7 Å². The fraction of sp³-hybridized carbons (Fsp3) is 0.367. The minimum absolute atomic E-state index is 0.0832. The second-order valence-corrected chi connectivity index (χ2v) is 12.1. The first-order valence-corrected chi connectivity index (χ1v) is 13.7. The molecule has 0 spiro atoms. The topological polar surface area (TPSA) is 115 Å². The molecule has 0 amide bonds. The molecule has 1 saturated carbocycles. The van der Waals surface area contributed by atoms with Crippen LogP contribution in [0.4, 0.5) is 24.5 Å². The van der Waals surface area contributed by atoms with Gasteiger partial charge in [0.2, 0.25) is 5.95 Å². The van der Waals surface area contributed by atoms with Crippen LogP contribution in [-0.4, -0.2) is 32.9 Å². The number of pyridine rings is 1. The molecule has 0 unspecified atom stereocenters. The number of nitrogens with zero attached hydrogens (tertiary/aromatic N) is 6. The SMILES string of the molecule is Cc1c(C#N)cccc1[C@H](Nc1cc(Cl)cc2c(NCC(C)(C)C)c(C#N)cnc12)c1nnn(C2(C(F)F)CC2)c1F. The van der Waals surface area contributed by atoms with Crippen molar-refractivity contribution in [3.63, 3.8) is 0 Å². The molecule has 0 bridgehead atoms. The van der Waals surface area contributed by atoms with Gasteiger partial charge in [-0.2, -0.15) is 14.9 Å². The third kappa shape index (κ3) is 5.21. The van der Waals surface area contributed by atoms with Crippen molar-refractivity contribution >= 4 is 33.9 Å². The first kappa shape index (κ1) is 29.2. The molecule has 2 aromatic carbocycles. The maximum absolute atomic E-state index is 16.0. The van der Waals surface area contributed by atoms with Crippen molar-refractivity contribution in [1.29, 1.82) is 10.5 Å². The van der Waals surface area contributed by atoms with Gasteiger partial charge in [-0.25, -0.2) is 13.5 Å². The number of nitrogens with one attached hydrogen (secondary N) is 2. The number of benzene rings is 2. The summed E-state index contributed by atoms with van der Waals surface area (Å²) >= 11 is 6.56. The number of nitriles is 2. The van der Waals surface area contributed by atoms with Gasteiger partial charge in [0.05, 0.1) is 34.1 Å². The highest BCUT2D eigenvalue weighted by Gasteiger charge is 2.56.